The fourth-order valence-electron chi connectivity index (χ4n) is 2.60. The number of methoxy groups -OCH3 is 1. The largest absolute Gasteiger partial charge is 0.497 e. The van der Waals surface area contributed by atoms with E-state index in [2.05, 4.69) is 15.7 Å². The molecule has 3 rings (SSSR count). The van der Waals surface area contributed by atoms with Crippen LogP contribution in [-0.2, 0) is 7.05 Å². The van der Waals surface area contributed by atoms with Gasteiger partial charge in [0.25, 0.3) is 11.8 Å². The maximum absolute atomic E-state index is 12.7. The third kappa shape index (κ3) is 3.98. The molecule has 0 unspecified atom stereocenters. The Balaban J connectivity index is 1.81. The van der Waals surface area contributed by atoms with E-state index in [4.69, 9.17) is 4.74 Å². The van der Waals surface area contributed by atoms with Gasteiger partial charge in [-0.1, -0.05) is 18.2 Å². The quantitative estimate of drug-likeness (QED) is 0.728. The van der Waals surface area contributed by atoms with E-state index in [0.717, 1.165) is 5.69 Å². The van der Waals surface area contributed by atoms with Gasteiger partial charge in [-0.3, -0.25) is 14.3 Å². The van der Waals surface area contributed by atoms with E-state index in [1.165, 1.54) is 6.20 Å². The van der Waals surface area contributed by atoms with Gasteiger partial charge in [0.1, 0.15) is 5.75 Å². The third-order valence-corrected chi connectivity index (χ3v) is 4.23. The fourth-order valence-corrected chi connectivity index (χ4v) is 2.60. The highest BCUT2D eigenvalue weighted by Crippen LogP contribution is 2.21. The summed E-state index contributed by atoms with van der Waals surface area (Å²) in [5.74, 6) is -0.00858. The van der Waals surface area contributed by atoms with E-state index in [1.54, 1.807) is 67.4 Å². The number of aryl methyl sites for hydroxylation is 1. The van der Waals surface area contributed by atoms with Crippen molar-refractivity contribution >= 4 is 23.2 Å². The molecule has 0 aliphatic rings. The first-order valence-corrected chi connectivity index (χ1v) is 8.34. The highest BCUT2D eigenvalue weighted by Gasteiger charge is 2.17. The number of anilines is 2. The predicted molar refractivity (Wildman–Crippen MR) is 103 cm³/mol. The lowest BCUT2D eigenvalue weighted by Crippen LogP contribution is -2.18. The van der Waals surface area contributed by atoms with E-state index in [1.807, 2.05) is 6.92 Å². The standard InChI is InChI=1S/C20H20N4O3/c1-13-17(12-21-24(13)2)20(26)23-18-10-5-4-9-16(18)19(25)22-14-7-6-8-15(11-14)27-3/h4-12H,1-3H3,(H,22,25)(H,23,26). The van der Waals surface area contributed by atoms with Gasteiger partial charge >= 0.3 is 0 Å². The second-order valence-electron chi connectivity index (χ2n) is 5.95. The van der Waals surface area contributed by atoms with Gasteiger partial charge in [-0.15, -0.1) is 0 Å². The average Bonchev–Trinajstić information content (AvgIpc) is 3.01. The Labute approximate surface area is 157 Å². The van der Waals surface area contributed by atoms with Crippen LogP contribution in [0.2, 0.25) is 0 Å². The van der Waals surface area contributed by atoms with Crippen LogP contribution >= 0.6 is 0 Å². The van der Waals surface area contributed by atoms with Crippen LogP contribution in [-0.4, -0.2) is 28.7 Å². The molecule has 0 saturated heterocycles. The van der Waals surface area contributed by atoms with E-state index in [-0.39, 0.29) is 11.8 Å². The zero-order valence-electron chi connectivity index (χ0n) is 15.3. The van der Waals surface area contributed by atoms with Crippen molar-refractivity contribution in [3.05, 3.63) is 71.5 Å². The molecule has 0 aliphatic heterocycles. The number of rotatable bonds is 5. The number of carbonyl (C=O) groups is 2. The minimum Gasteiger partial charge on any atom is -0.497 e. The van der Waals surface area contributed by atoms with Crippen LogP contribution in [0.4, 0.5) is 11.4 Å². The summed E-state index contributed by atoms with van der Waals surface area (Å²) in [5, 5.41) is 9.68. The molecule has 7 heteroatoms. The maximum atomic E-state index is 12.7. The van der Waals surface area contributed by atoms with Crippen molar-refractivity contribution in [3.8, 4) is 5.75 Å². The molecule has 0 atom stereocenters. The summed E-state index contributed by atoms with van der Waals surface area (Å²) >= 11 is 0. The van der Waals surface area contributed by atoms with Gasteiger partial charge in [-0.05, 0) is 31.2 Å². The van der Waals surface area contributed by atoms with Crippen molar-refractivity contribution in [1.29, 1.82) is 0 Å². The minimum atomic E-state index is -0.331. The van der Waals surface area contributed by atoms with Crippen molar-refractivity contribution in [2.45, 2.75) is 6.92 Å². The molecule has 7 nitrogen and oxygen atoms in total. The number of carbonyl (C=O) groups excluding carboxylic acids is 2. The zero-order valence-corrected chi connectivity index (χ0v) is 15.3. The first-order valence-electron chi connectivity index (χ1n) is 8.34. The van der Waals surface area contributed by atoms with E-state index in [0.29, 0.717) is 28.3 Å². The number of hydrogen-bond donors (Lipinski definition) is 2. The molecule has 138 valence electrons. The smallest absolute Gasteiger partial charge is 0.259 e. The summed E-state index contributed by atoms with van der Waals surface area (Å²) in [6.45, 7) is 1.81. The highest BCUT2D eigenvalue weighted by molar-refractivity contribution is 6.12. The van der Waals surface area contributed by atoms with Crippen LogP contribution in [0.1, 0.15) is 26.4 Å². The number of aromatic nitrogens is 2. The molecule has 2 N–H and O–H groups in total. The van der Waals surface area contributed by atoms with Crippen LogP contribution in [0.25, 0.3) is 0 Å². The number of nitrogens with zero attached hydrogens (tertiary/aromatic N) is 2. The lowest BCUT2D eigenvalue weighted by molar-refractivity contribution is 0.102. The molecular formula is C20H20N4O3. The fraction of sp³-hybridized carbons (Fsp3) is 0.150. The Morgan fingerprint density at radius 2 is 1.74 bits per heavy atom. The van der Waals surface area contributed by atoms with Crippen LogP contribution in [0.3, 0.4) is 0 Å². The molecule has 1 heterocycles. The molecule has 0 spiro atoms. The monoisotopic (exact) mass is 364 g/mol. The van der Waals surface area contributed by atoms with Crippen LogP contribution in [0, 0.1) is 6.92 Å². The number of hydrogen-bond acceptors (Lipinski definition) is 4. The lowest BCUT2D eigenvalue weighted by Gasteiger charge is -2.12. The summed E-state index contributed by atoms with van der Waals surface area (Å²) in [6.07, 6.45) is 1.50. The van der Waals surface area contributed by atoms with Crippen molar-refractivity contribution < 1.29 is 14.3 Å². The van der Waals surface area contributed by atoms with Gasteiger partial charge in [-0.2, -0.15) is 5.10 Å². The summed E-state index contributed by atoms with van der Waals surface area (Å²) in [4.78, 5) is 25.3. The van der Waals surface area contributed by atoms with Crippen LogP contribution < -0.4 is 15.4 Å². The first-order chi connectivity index (χ1) is 13.0. The van der Waals surface area contributed by atoms with Crippen molar-refractivity contribution in [3.63, 3.8) is 0 Å². The van der Waals surface area contributed by atoms with Crippen LogP contribution in [0.15, 0.2) is 54.7 Å². The Kier molecular flexibility index (Phi) is 5.21. The summed E-state index contributed by atoms with van der Waals surface area (Å²) in [5.41, 5.74) is 2.58. The Bertz CT molecular complexity index is 994. The van der Waals surface area contributed by atoms with Gasteiger partial charge in [0.05, 0.1) is 30.1 Å². The summed E-state index contributed by atoms with van der Waals surface area (Å²) in [6, 6.07) is 13.9. The molecule has 0 saturated carbocycles. The van der Waals surface area contributed by atoms with Crippen molar-refractivity contribution in [2.24, 2.45) is 7.05 Å². The molecule has 2 amide bonds. The topological polar surface area (TPSA) is 85.2 Å². The maximum Gasteiger partial charge on any atom is 0.259 e. The number of amides is 2. The molecule has 0 bridgehead atoms. The zero-order chi connectivity index (χ0) is 19.4. The normalized spacial score (nSPS) is 10.3. The highest BCUT2D eigenvalue weighted by atomic mass is 16.5. The van der Waals surface area contributed by atoms with Crippen LogP contribution in [0.5, 0.6) is 5.75 Å². The average molecular weight is 364 g/mol. The second kappa shape index (κ2) is 7.74. The van der Waals surface area contributed by atoms with E-state index in [9.17, 15) is 9.59 Å². The predicted octanol–water partition coefficient (Wildman–Crippen LogP) is 3.24. The Hall–Kier alpha value is -3.61. The van der Waals surface area contributed by atoms with Gasteiger partial charge < -0.3 is 15.4 Å². The first kappa shape index (κ1) is 18.2. The van der Waals surface area contributed by atoms with Gasteiger partial charge in [0.15, 0.2) is 0 Å². The summed E-state index contributed by atoms with van der Waals surface area (Å²) < 4.78 is 6.79. The second-order valence-corrected chi connectivity index (χ2v) is 5.95. The van der Waals surface area contributed by atoms with Gasteiger partial charge in [-0.25, -0.2) is 0 Å². The number of benzene rings is 2. The molecule has 3 aromatic rings. The molecule has 0 radical (unpaired) electrons. The lowest BCUT2D eigenvalue weighted by atomic mass is 10.1. The third-order valence-electron chi connectivity index (χ3n) is 4.23. The molecule has 1 aromatic heterocycles. The van der Waals surface area contributed by atoms with Gasteiger partial charge in [0.2, 0.25) is 0 Å². The minimum absolute atomic E-state index is 0.317. The summed E-state index contributed by atoms with van der Waals surface area (Å²) in [7, 11) is 3.33. The molecule has 0 aliphatic carbocycles. The molecular weight excluding hydrogens is 344 g/mol. The van der Waals surface area contributed by atoms with E-state index >= 15 is 0 Å². The molecule has 2 aromatic carbocycles. The SMILES string of the molecule is COc1cccc(NC(=O)c2ccccc2NC(=O)c2cnn(C)c2C)c1. The molecule has 27 heavy (non-hydrogen) atoms. The number of ether oxygens (including phenoxy) is 1. The van der Waals surface area contributed by atoms with Crippen molar-refractivity contribution in [2.75, 3.05) is 17.7 Å². The van der Waals surface area contributed by atoms with E-state index < -0.39 is 0 Å². The van der Waals surface area contributed by atoms with Gasteiger partial charge in [0, 0.05) is 24.5 Å². The molecule has 0 fully saturated rings. The Morgan fingerprint density at radius 3 is 2.44 bits per heavy atom. The number of nitrogens with one attached hydrogen (secondary N) is 2. The van der Waals surface area contributed by atoms with Crippen molar-refractivity contribution in [1.82, 2.24) is 9.78 Å². The number of para-hydroxylation sites is 1. The Morgan fingerprint density at radius 1 is 1.00 bits per heavy atom.